The zero-order valence-corrected chi connectivity index (χ0v) is 12.1. The van der Waals surface area contributed by atoms with Crippen molar-refractivity contribution in [3.63, 3.8) is 0 Å². The fourth-order valence-electron chi connectivity index (χ4n) is 2.07. The van der Waals surface area contributed by atoms with Crippen LogP contribution >= 0.6 is 11.3 Å². The monoisotopic (exact) mass is 292 g/mol. The van der Waals surface area contributed by atoms with E-state index in [1.54, 1.807) is 36.6 Å². The second-order valence-electron chi connectivity index (χ2n) is 4.28. The molecule has 2 aromatic rings. The first-order valence-corrected chi connectivity index (χ1v) is 7.00. The molecule has 0 radical (unpaired) electrons. The van der Waals surface area contributed by atoms with Gasteiger partial charge in [-0.1, -0.05) is 6.07 Å². The van der Waals surface area contributed by atoms with Gasteiger partial charge in [0.2, 0.25) is 0 Å². The third-order valence-corrected chi connectivity index (χ3v) is 3.99. The number of aliphatic carboxylic acids is 1. The van der Waals surface area contributed by atoms with Crippen LogP contribution in [0, 0.1) is 0 Å². The van der Waals surface area contributed by atoms with Gasteiger partial charge in [0.05, 0.1) is 20.1 Å². The molecule has 2 rings (SSSR count). The van der Waals surface area contributed by atoms with E-state index in [0.717, 1.165) is 4.88 Å². The summed E-state index contributed by atoms with van der Waals surface area (Å²) in [6.45, 7) is 0. The third kappa shape index (κ3) is 3.11. The molecule has 0 amide bonds. The van der Waals surface area contributed by atoms with Gasteiger partial charge >= 0.3 is 5.97 Å². The lowest BCUT2D eigenvalue weighted by molar-refractivity contribution is -0.138. The Morgan fingerprint density at radius 2 is 2.10 bits per heavy atom. The lowest BCUT2D eigenvalue weighted by Crippen LogP contribution is -2.15. The standard InChI is InChI=1S/C15H16O4S/c1-18-10-5-6-14(19-2)12(8-10)13(15(16)17)9-11-4-3-7-20-11/h3-8,13H,9H2,1-2H3,(H,16,17). The molecule has 1 unspecified atom stereocenters. The lowest BCUT2D eigenvalue weighted by Gasteiger charge is -2.16. The number of benzene rings is 1. The molecule has 0 fully saturated rings. The van der Waals surface area contributed by atoms with Gasteiger partial charge in [0.25, 0.3) is 0 Å². The Bertz CT molecular complexity index is 578. The highest BCUT2D eigenvalue weighted by Crippen LogP contribution is 2.33. The average Bonchev–Trinajstić information content (AvgIpc) is 2.96. The maximum Gasteiger partial charge on any atom is 0.311 e. The molecule has 0 aliphatic rings. The molecule has 0 saturated carbocycles. The molecule has 4 nitrogen and oxygen atoms in total. The van der Waals surface area contributed by atoms with E-state index in [0.29, 0.717) is 23.5 Å². The van der Waals surface area contributed by atoms with Crippen LogP contribution in [0.3, 0.4) is 0 Å². The Hall–Kier alpha value is -2.01. The number of thiophene rings is 1. The lowest BCUT2D eigenvalue weighted by atomic mass is 9.94. The first kappa shape index (κ1) is 14.4. The van der Waals surface area contributed by atoms with Crippen molar-refractivity contribution < 1.29 is 19.4 Å². The van der Waals surface area contributed by atoms with E-state index in [-0.39, 0.29) is 0 Å². The summed E-state index contributed by atoms with van der Waals surface area (Å²) >= 11 is 1.55. The molecule has 1 N–H and O–H groups in total. The van der Waals surface area contributed by atoms with Gasteiger partial charge in [-0.3, -0.25) is 4.79 Å². The highest BCUT2D eigenvalue weighted by atomic mass is 32.1. The molecule has 0 aliphatic heterocycles. The summed E-state index contributed by atoms with van der Waals surface area (Å²) in [6, 6.07) is 9.07. The summed E-state index contributed by atoms with van der Waals surface area (Å²) in [6.07, 6.45) is 0.441. The van der Waals surface area contributed by atoms with Crippen LogP contribution in [0.15, 0.2) is 35.7 Å². The zero-order valence-electron chi connectivity index (χ0n) is 11.3. The first-order valence-electron chi connectivity index (χ1n) is 6.12. The van der Waals surface area contributed by atoms with Crippen molar-refractivity contribution in [2.75, 3.05) is 14.2 Å². The Morgan fingerprint density at radius 1 is 1.30 bits per heavy atom. The average molecular weight is 292 g/mol. The van der Waals surface area contributed by atoms with Crippen molar-refractivity contribution in [1.29, 1.82) is 0 Å². The summed E-state index contributed by atoms with van der Waals surface area (Å²) in [5, 5.41) is 11.5. The highest BCUT2D eigenvalue weighted by molar-refractivity contribution is 7.09. The van der Waals surface area contributed by atoms with Gasteiger partial charge in [0.1, 0.15) is 11.5 Å². The van der Waals surface area contributed by atoms with Gasteiger partial charge in [-0.05, 0) is 36.1 Å². The molecule has 1 aromatic carbocycles. The van der Waals surface area contributed by atoms with Crippen LogP contribution in [-0.2, 0) is 11.2 Å². The van der Waals surface area contributed by atoms with Crippen molar-refractivity contribution in [1.82, 2.24) is 0 Å². The molecule has 0 aliphatic carbocycles. The van der Waals surface area contributed by atoms with Gasteiger partial charge in [0, 0.05) is 10.4 Å². The van der Waals surface area contributed by atoms with Crippen molar-refractivity contribution >= 4 is 17.3 Å². The van der Waals surface area contributed by atoms with Crippen LogP contribution in [0.25, 0.3) is 0 Å². The van der Waals surface area contributed by atoms with Crippen LogP contribution in [0.4, 0.5) is 0 Å². The van der Waals surface area contributed by atoms with Gasteiger partial charge in [-0.15, -0.1) is 11.3 Å². The molecular formula is C15H16O4S. The van der Waals surface area contributed by atoms with Crippen LogP contribution < -0.4 is 9.47 Å². The second-order valence-corrected chi connectivity index (χ2v) is 5.31. The van der Waals surface area contributed by atoms with E-state index in [1.807, 2.05) is 17.5 Å². The van der Waals surface area contributed by atoms with Crippen LogP contribution in [0.1, 0.15) is 16.4 Å². The second kappa shape index (κ2) is 6.43. The number of carboxylic acid groups (broad SMARTS) is 1. The predicted molar refractivity (Wildman–Crippen MR) is 77.9 cm³/mol. The summed E-state index contributed by atoms with van der Waals surface area (Å²) in [5.41, 5.74) is 0.632. The number of carbonyl (C=O) groups is 1. The molecule has 1 aromatic heterocycles. The third-order valence-electron chi connectivity index (χ3n) is 3.10. The highest BCUT2D eigenvalue weighted by Gasteiger charge is 2.25. The Balaban J connectivity index is 2.39. The number of carboxylic acids is 1. The zero-order chi connectivity index (χ0) is 14.5. The fraction of sp³-hybridized carbons (Fsp3) is 0.267. The Labute approximate surface area is 121 Å². The molecule has 1 atom stereocenters. The molecule has 20 heavy (non-hydrogen) atoms. The SMILES string of the molecule is COc1ccc(OC)c(C(Cc2cccs2)C(=O)O)c1. The number of ether oxygens (including phenoxy) is 2. The van der Waals surface area contributed by atoms with E-state index in [4.69, 9.17) is 9.47 Å². The smallest absolute Gasteiger partial charge is 0.311 e. The summed E-state index contributed by atoms with van der Waals surface area (Å²) < 4.78 is 10.5. The molecule has 0 saturated heterocycles. The van der Waals surface area contributed by atoms with E-state index >= 15 is 0 Å². The summed E-state index contributed by atoms with van der Waals surface area (Å²) in [7, 11) is 3.09. The van der Waals surface area contributed by atoms with Crippen molar-refractivity contribution in [3.8, 4) is 11.5 Å². The van der Waals surface area contributed by atoms with Crippen LogP contribution in [0.5, 0.6) is 11.5 Å². The van der Waals surface area contributed by atoms with Gasteiger partial charge in [-0.25, -0.2) is 0 Å². The van der Waals surface area contributed by atoms with Crippen molar-refractivity contribution in [3.05, 3.63) is 46.2 Å². The van der Waals surface area contributed by atoms with E-state index < -0.39 is 11.9 Å². The van der Waals surface area contributed by atoms with Crippen LogP contribution in [0.2, 0.25) is 0 Å². The molecule has 106 valence electrons. The molecule has 0 spiro atoms. The Kier molecular flexibility index (Phi) is 4.63. The van der Waals surface area contributed by atoms with Gasteiger partial charge < -0.3 is 14.6 Å². The van der Waals surface area contributed by atoms with Crippen molar-refractivity contribution in [2.45, 2.75) is 12.3 Å². The van der Waals surface area contributed by atoms with Gasteiger partial charge in [0.15, 0.2) is 0 Å². The molecule has 5 heteroatoms. The predicted octanol–water partition coefficient (Wildman–Crippen LogP) is 3.18. The minimum atomic E-state index is -0.870. The number of methoxy groups -OCH3 is 2. The normalized spacial score (nSPS) is 11.9. The Morgan fingerprint density at radius 3 is 2.65 bits per heavy atom. The maximum absolute atomic E-state index is 11.6. The molecule has 0 bridgehead atoms. The number of hydrogen-bond acceptors (Lipinski definition) is 4. The van der Waals surface area contributed by atoms with Gasteiger partial charge in [-0.2, -0.15) is 0 Å². The van der Waals surface area contributed by atoms with E-state index in [1.165, 1.54) is 7.11 Å². The number of hydrogen-bond donors (Lipinski definition) is 1. The summed E-state index contributed by atoms with van der Waals surface area (Å²) in [4.78, 5) is 12.6. The first-order chi connectivity index (χ1) is 9.65. The summed E-state index contributed by atoms with van der Waals surface area (Å²) in [5.74, 6) is -0.336. The fourth-order valence-corrected chi connectivity index (χ4v) is 2.82. The van der Waals surface area contributed by atoms with Crippen LogP contribution in [-0.4, -0.2) is 25.3 Å². The number of rotatable bonds is 6. The quantitative estimate of drug-likeness (QED) is 0.888. The minimum Gasteiger partial charge on any atom is -0.497 e. The topological polar surface area (TPSA) is 55.8 Å². The molecular weight excluding hydrogens is 276 g/mol. The van der Waals surface area contributed by atoms with E-state index in [2.05, 4.69) is 0 Å². The maximum atomic E-state index is 11.6. The van der Waals surface area contributed by atoms with Crippen molar-refractivity contribution in [2.24, 2.45) is 0 Å². The van der Waals surface area contributed by atoms with E-state index in [9.17, 15) is 9.90 Å². The largest absolute Gasteiger partial charge is 0.497 e. The molecule has 1 heterocycles. The minimum absolute atomic E-state index is 0.441.